The fourth-order valence-corrected chi connectivity index (χ4v) is 2.46. The van der Waals surface area contributed by atoms with Crippen LogP contribution >= 0.6 is 11.6 Å². The fourth-order valence-electron chi connectivity index (χ4n) is 2.26. The van der Waals surface area contributed by atoms with E-state index >= 15 is 0 Å². The number of hydrogen-bond donors (Lipinski definition) is 1. The molecule has 0 radical (unpaired) electrons. The van der Waals surface area contributed by atoms with Crippen LogP contribution in [0.1, 0.15) is 5.56 Å². The van der Waals surface area contributed by atoms with Gasteiger partial charge in [0.2, 0.25) is 5.91 Å². The third kappa shape index (κ3) is 3.91. The molecule has 0 saturated carbocycles. The van der Waals surface area contributed by atoms with Gasteiger partial charge in [0.1, 0.15) is 5.82 Å². The molecular formula is C14H19ClFN3O. The Morgan fingerprint density at radius 3 is 2.85 bits per heavy atom. The highest BCUT2D eigenvalue weighted by atomic mass is 35.5. The molecular weight excluding hydrogens is 281 g/mol. The van der Waals surface area contributed by atoms with Gasteiger partial charge in [-0.2, -0.15) is 0 Å². The van der Waals surface area contributed by atoms with Gasteiger partial charge < -0.3 is 10.2 Å². The van der Waals surface area contributed by atoms with E-state index in [2.05, 4.69) is 5.32 Å². The van der Waals surface area contributed by atoms with Crippen LogP contribution in [0.3, 0.4) is 0 Å². The highest BCUT2D eigenvalue weighted by Gasteiger charge is 2.18. The number of benzene rings is 1. The normalized spacial score (nSPS) is 15.7. The maximum Gasteiger partial charge on any atom is 0.236 e. The van der Waals surface area contributed by atoms with Gasteiger partial charge in [0.05, 0.1) is 11.6 Å². The second-order valence-electron chi connectivity index (χ2n) is 5.02. The Kier molecular flexibility index (Phi) is 5.34. The minimum Gasteiger partial charge on any atom is -0.339 e. The summed E-state index contributed by atoms with van der Waals surface area (Å²) in [5.74, 6) is -0.327. The molecule has 6 heteroatoms. The summed E-state index contributed by atoms with van der Waals surface area (Å²) in [7, 11) is 1.81. The lowest BCUT2D eigenvalue weighted by Crippen LogP contribution is -2.49. The number of carbonyl (C=O) groups is 1. The molecule has 0 bridgehead atoms. The zero-order chi connectivity index (χ0) is 14.5. The number of piperazine rings is 1. The second kappa shape index (κ2) is 7.02. The Morgan fingerprint density at radius 1 is 1.45 bits per heavy atom. The van der Waals surface area contributed by atoms with Gasteiger partial charge in [-0.25, -0.2) is 4.39 Å². The lowest BCUT2D eigenvalue weighted by atomic mass is 10.2. The van der Waals surface area contributed by atoms with Crippen LogP contribution in [0, 0.1) is 5.82 Å². The van der Waals surface area contributed by atoms with E-state index in [0.717, 1.165) is 26.2 Å². The maximum atomic E-state index is 13.8. The number of halogens is 2. The van der Waals surface area contributed by atoms with E-state index in [4.69, 9.17) is 11.6 Å². The van der Waals surface area contributed by atoms with E-state index in [1.165, 1.54) is 6.07 Å². The zero-order valence-corrected chi connectivity index (χ0v) is 12.3. The molecule has 0 aromatic heterocycles. The number of hydrogen-bond acceptors (Lipinski definition) is 3. The molecule has 1 aliphatic heterocycles. The first-order valence-corrected chi connectivity index (χ1v) is 7.05. The summed E-state index contributed by atoms with van der Waals surface area (Å²) in [5.41, 5.74) is 0.508. The molecule has 0 unspecified atom stereocenters. The van der Waals surface area contributed by atoms with Crippen molar-refractivity contribution in [3.63, 3.8) is 0 Å². The van der Waals surface area contributed by atoms with E-state index in [0.29, 0.717) is 12.1 Å². The number of amides is 1. The van der Waals surface area contributed by atoms with Crippen molar-refractivity contribution in [1.29, 1.82) is 0 Å². The largest absolute Gasteiger partial charge is 0.339 e. The number of nitrogens with zero attached hydrogens (tertiary/aromatic N) is 2. The van der Waals surface area contributed by atoms with Crippen LogP contribution in [0.15, 0.2) is 18.2 Å². The second-order valence-corrected chi connectivity index (χ2v) is 5.42. The number of carbonyl (C=O) groups excluding carboxylic acids is 1. The van der Waals surface area contributed by atoms with Crippen molar-refractivity contribution >= 4 is 17.5 Å². The molecule has 1 amide bonds. The summed E-state index contributed by atoms with van der Waals surface area (Å²) in [6, 6.07) is 4.92. The molecule has 20 heavy (non-hydrogen) atoms. The van der Waals surface area contributed by atoms with Crippen molar-refractivity contribution in [2.24, 2.45) is 0 Å². The van der Waals surface area contributed by atoms with Crippen molar-refractivity contribution in [3.05, 3.63) is 34.6 Å². The first-order chi connectivity index (χ1) is 9.58. The van der Waals surface area contributed by atoms with Crippen LogP contribution in [-0.2, 0) is 11.3 Å². The van der Waals surface area contributed by atoms with E-state index in [-0.39, 0.29) is 17.5 Å². The molecule has 1 heterocycles. The highest BCUT2D eigenvalue weighted by molar-refractivity contribution is 6.30. The molecule has 0 aliphatic carbocycles. The average molecular weight is 300 g/mol. The Labute approximate surface area is 123 Å². The summed E-state index contributed by atoms with van der Waals surface area (Å²) in [5, 5.41) is 3.32. The van der Waals surface area contributed by atoms with E-state index < -0.39 is 5.82 Å². The third-order valence-corrected chi connectivity index (χ3v) is 3.64. The van der Waals surface area contributed by atoms with Crippen molar-refractivity contribution < 1.29 is 9.18 Å². The van der Waals surface area contributed by atoms with Gasteiger partial charge in [0.25, 0.3) is 0 Å². The lowest BCUT2D eigenvalue weighted by molar-refractivity contribution is -0.132. The van der Waals surface area contributed by atoms with Gasteiger partial charge in [-0.1, -0.05) is 23.7 Å². The van der Waals surface area contributed by atoms with Crippen molar-refractivity contribution in [3.8, 4) is 0 Å². The Balaban J connectivity index is 1.90. The van der Waals surface area contributed by atoms with Gasteiger partial charge in [0.15, 0.2) is 0 Å². The number of nitrogens with one attached hydrogen (secondary N) is 1. The molecule has 0 spiro atoms. The molecule has 1 N–H and O–H groups in total. The lowest BCUT2D eigenvalue weighted by Gasteiger charge is -2.29. The predicted octanol–water partition coefficient (Wildman–Crippen LogP) is 1.34. The third-order valence-electron chi connectivity index (χ3n) is 3.35. The summed E-state index contributed by atoms with van der Waals surface area (Å²) < 4.78 is 13.8. The van der Waals surface area contributed by atoms with Crippen LogP contribution in [0.4, 0.5) is 4.39 Å². The Bertz CT molecular complexity index is 477. The molecule has 1 aromatic rings. The molecule has 2 rings (SSSR count). The molecule has 110 valence electrons. The summed E-state index contributed by atoms with van der Waals surface area (Å²) in [6.07, 6.45) is 0. The minimum absolute atomic E-state index is 0.0800. The maximum absolute atomic E-state index is 13.8. The Hall–Kier alpha value is -1.17. The molecule has 1 aromatic carbocycles. The van der Waals surface area contributed by atoms with Crippen LogP contribution in [0.5, 0.6) is 0 Å². The van der Waals surface area contributed by atoms with Crippen molar-refractivity contribution in [2.75, 3.05) is 39.8 Å². The van der Waals surface area contributed by atoms with Crippen LogP contribution in [0.25, 0.3) is 0 Å². The van der Waals surface area contributed by atoms with Crippen LogP contribution in [-0.4, -0.2) is 55.5 Å². The van der Waals surface area contributed by atoms with E-state index in [9.17, 15) is 9.18 Å². The topological polar surface area (TPSA) is 35.6 Å². The summed E-state index contributed by atoms with van der Waals surface area (Å²) in [6.45, 7) is 3.78. The molecule has 1 fully saturated rings. The van der Waals surface area contributed by atoms with Crippen molar-refractivity contribution in [2.45, 2.75) is 6.54 Å². The molecule has 1 aliphatic rings. The minimum atomic E-state index is -0.407. The van der Waals surface area contributed by atoms with Gasteiger partial charge in [-0.15, -0.1) is 0 Å². The van der Waals surface area contributed by atoms with Gasteiger partial charge in [0, 0.05) is 38.3 Å². The first-order valence-electron chi connectivity index (χ1n) is 6.68. The monoisotopic (exact) mass is 299 g/mol. The van der Waals surface area contributed by atoms with Gasteiger partial charge in [-0.05, 0) is 13.1 Å². The van der Waals surface area contributed by atoms with Gasteiger partial charge >= 0.3 is 0 Å². The fraction of sp³-hybridized carbons (Fsp3) is 0.500. The van der Waals surface area contributed by atoms with Crippen molar-refractivity contribution in [1.82, 2.24) is 15.1 Å². The number of likely N-dealkylation sites (N-methyl/N-ethyl adjacent to an activating group) is 1. The predicted molar refractivity (Wildman–Crippen MR) is 77.2 cm³/mol. The van der Waals surface area contributed by atoms with Crippen LogP contribution < -0.4 is 5.32 Å². The quantitative estimate of drug-likeness (QED) is 0.911. The SMILES string of the molecule is CN(CC(=O)N1CCNCC1)Cc1cccc(Cl)c1F. The summed E-state index contributed by atoms with van der Waals surface area (Å²) in [4.78, 5) is 15.7. The molecule has 1 saturated heterocycles. The smallest absolute Gasteiger partial charge is 0.236 e. The average Bonchev–Trinajstić information content (AvgIpc) is 2.45. The standard InChI is InChI=1S/C14H19ClFN3O/c1-18(9-11-3-2-4-12(15)14(11)16)10-13(20)19-7-5-17-6-8-19/h2-4,17H,5-10H2,1H3. The molecule has 4 nitrogen and oxygen atoms in total. The number of rotatable bonds is 4. The van der Waals surface area contributed by atoms with E-state index in [1.807, 2.05) is 4.90 Å². The Morgan fingerprint density at radius 2 is 2.15 bits per heavy atom. The zero-order valence-electron chi connectivity index (χ0n) is 11.5. The van der Waals surface area contributed by atoms with Gasteiger partial charge in [-0.3, -0.25) is 9.69 Å². The van der Waals surface area contributed by atoms with E-state index in [1.54, 1.807) is 24.1 Å². The van der Waals surface area contributed by atoms with Crippen LogP contribution in [0.2, 0.25) is 5.02 Å². The molecule has 0 atom stereocenters. The first kappa shape index (κ1) is 15.2. The summed E-state index contributed by atoms with van der Waals surface area (Å²) >= 11 is 5.75. The highest BCUT2D eigenvalue weighted by Crippen LogP contribution is 2.18.